The first-order valence-electron chi connectivity index (χ1n) is 5.73. The maximum atomic E-state index is 11.6. The van der Waals surface area contributed by atoms with E-state index >= 15 is 0 Å². The van der Waals surface area contributed by atoms with Crippen molar-refractivity contribution in [2.45, 2.75) is 6.54 Å². The van der Waals surface area contributed by atoms with E-state index in [1.807, 2.05) is 24.3 Å². The zero-order valence-corrected chi connectivity index (χ0v) is 10.5. The smallest absolute Gasteiger partial charge is 0.321 e. The molecule has 1 aromatic carbocycles. The molecule has 0 aliphatic heterocycles. The summed E-state index contributed by atoms with van der Waals surface area (Å²) in [5.41, 5.74) is 0.948. The Kier molecular flexibility index (Phi) is 4.28. The first-order valence-corrected chi connectivity index (χ1v) is 5.73. The molecule has 1 aromatic heterocycles. The van der Waals surface area contributed by atoms with E-state index in [4.69, 9.17) is 4.74 Å². The van der Waals surface area contributed by atoms with Crippen molar-refractivity contribution in [1.82, 2.24) is 15.3 Å². The van der Waals surface area contributed by atoms with Gasteiger partial charge in [-0.2, -0.15) is 0 Å². The Bertz CT molecular complexity index is 545. The topological polar surface area (TPSA) is 76.1 Å². The Morgan fingerprint density at radius 2 is 2.05 bits per heavy atom. The molecule has 2 N–H and O–H groups in total. The molecule has 2 amide bonds. The number of amides is 2. The lowest BCUT2D eigenvalue weighted by molar-refractivity contribution is 0.251. The van der Waals surface area contributed by atoms with E-state index in [0.717, 1.165) is 11.3 Å². The number of aromatic nitrogens is 2. The predicted octanol–water partition coefficient (Wildman–Crippen LogP) is 1.81. The number of hydrogen-bond acceptors (Lipinski definition) is 4. The highest BCUT2D eigenvalue weighted by Gasteiger charge is 2.03. The van der Waals surface area contributed by atoms with Gasteiger partial charge in [0.15, 0.2) is 0 Å². The summed E-state index contributed by atoms with van der Waals surface area (Å²) in [6.45, 7) is 0.399. The monoisotopic (exact) mass is 258 g/mol. The molecule has 98 valence electrons. The number of anilines is 1. The third-order valence-electron chi connectivity index (χ3n) is 2.38. The summed E-state index contributed by atoms with van der Waals surface area (Å²) in [5.74, 6) is 1.02. The second kappa shape index (κ2) is 6.34. The number of nitrogens with zero attached hydrogens (tertiary/aromatic N) is 2. The molecule has 0 saturated heterocycles. The van der Waals surface area contributed by atoms with Crippen LogP contribution in [0.25, 0.3) is 0 Å². The minimum Gasteiger partial charge on any atom is -0.497 e. The molecule has 0 unspecified atom stereocenters. The Labute approximate surface area is 110 Å². The van der Waals surface area contributed by atoms with Crippen LogP contribution in [0.4, 0.5) is 10.7 Å². The van der Waals surface area contributed by atoms with Gasteiger partial charge in [-0.1, -0.05) is 12.1 Å². The fourth-order valence-electron chi connectivity index (χ4n) is 1.47. The number of nitrogens with one attached hydrogen (secondary N) is 2. The number of benzene rings is 1. The SMILES string of the molecule is COc1cccc(CNC(=O)Nc2ncccn2)c1. The lowest BCUT2D eigenvalue weighted by atomic mass is 10.2. The largest absolute Gasteiger partial charge is 0.497 e. The summed E-state index contributed by atoms with van der Waals surface area (Å²) in [5, 5.41) is 5.25. The van der Waals surface area contributed by atoms with E-state index in [9.17, 15) is 4.79 Å². The van der Waals surface area contributed by atoms with Crippen LogP contribution < -0.4 is 15.4 Å². The highest BCUT2D eigenvalue weighted by Crippen LogP contribution is 2.12. The number of carbonyl (C=O) groups excluding carboxylic acids is 1. The molecule has 6 heteroatoms. The number of rotatable bonds is 4. The van der Waals surface area contributed by atoms with Gasteiger partial charge in [-0.3, -0.25) is 5.32 Å². The fourth-order valence-corrected chi connectivity index (χ4v) is 1.47. The van der Waals surface area contributed by atoms with Crippen LogP contribution >= 0.6 is 0 Å². The number of urea groups is 1. The molecule has 2 rings (SSSR count). The van der Waals surface area contributed by atoms with E-state index in [-0.39, 0.29) is 12.0 Å². The quantitative estimate of drug-likeness (QED) is 0.876. The number of methoxy groups -OCH3 is 1. The molecule has 0 aliphatic carbocycles. The summed E-state index contributed by atoms with van der Waals surface area (Å²) in [6.07, 6.45) is 3.12. The van der Waals surface area contributed by atoms with Gasteiger partial charge in [0.1, 0.15) is 5.75 Å². The third kappa shape index (κ3) is 3.95. The molecule has 19 heavy (non-hydrogen) atoms. The summed E-state index contributed by atoms with van der Waals surface area (Å²) in [4.78, 5) is 19.4. The number of carbonyl (C=O) groups is 1. The van der Waals surface area contributed by atoms with E-state index in [2.05, 4.69) is 20.6 Å². The van der Waals surface area contributed by atoms with Gasteiger partial charge in [0.25, 0.3) is 0 Å². The van der Waals surface area contributed by atoms with Crippen LogP contribution in [0.2, 0.25) is 0 Å². The molecule has 6 nitrogen and oxygen atoms in total. The van der Waals surface area contributed by atoms with Gasteiger partial charge < -0.3 is 10.1 Å². The molecular weight excluding hydrogens is 244 g/mol. The molecule has 0 atom stereocenters. The van der Waals surface area contributed by atoms with Crippen LogP contribution in [0.15, 0.2) is 42.7 Å². The first kappa shape index (κ1) is 12.8. The van der Waals surface area contributed by atoms with Gasteiger partial charge in [0.05, 0.1) is 7.11 Å². The zero-order chi connectivity index (χ0) is 13.5. The molecule has 0 bridgehead atoms. The van der Waals surface area contributed by atoms with Crippen molar-refractivity contribution in [3.8, 4) is 5.75 Å². The van der Waals surface area contributed by atoms with E-state index in [1.165, 1.54) is 0 Å². The van der Waals surface area contributed by atoms with Crippen molar-refractivity contribution < 1.29 is 9.53 Å². The average molecular weight is 258 g/mol. The summed E-state index contributed by atoms with van der Waals surface area (Å²) < 4.78 is 5.11. The van der Waals surface area contributed by atoms with Crippen LogP contribution in [-0.2, 0) is 6.54 Å². The van der Waals surface area contributed by atoms with Gasteiger partial charge in [0.2, 0.25) is 5.95 Å². The zero-order valence-electron chi connectivity index (χ0n) is 10.5. The van der Waals surface area contributed by atoms with Crippen LogP contribution in [0, 0.1) is 0 Å². The van der Waals surface area contributed by atoms with Gasteiger partial charge in [-0.15, -0.1) is 0 Å². The average Bonchev–Trinajstić information content (AvgIpc) is 2.46. The van der Waals surface area contributed by atoms with Crippen molar-refractivity contribution in [3.63, 3.8) is 0 Å². The third-order valence-corrected chi connectivity index (χ3v) is 2.38. The lowest BCUT2D eigenvalue weighted by Crippen LogP contribution is -2.28. The van der Waals surface area contributed by atoms with Gasteiger partial charge in [-0.25, -0.2) is 14.8 Å². The minimum atomic E-state index is -0.353. The van der Waals surface area contributed by atoms with Crippen molar-refractivity contribution >= 4 is 12.0 Å². The lowest BCUT2D eigenvalue weighted by Gasteiger charge is -2.07. The Morgan fingerprint density at radius 3 is 2.79 bits per heavy atom. The normalized spacial score (nSPS) is 9.74. The maximum absolute atomic E-state index is 11.6. The molecule has 0 saturated carbocycles. The first-order chi connectivity index (χ1) is 9.28. The molecule has 1 heterocycles. The second-order valence-corrected chi connectivity index (χ2v) is 3.73. The van der Waals surface area contributed by atoms with Crippen molar-refractivity contribution in [3.05, 3.63) is 48.3 Å². The van der Waals surface area contributed by atoms with Crippen molar-refractivity contribution in [1.29, 1.82) is 0 Å². The molecule has 0 radical (unpaired) electrons. The van der Waals surface area contributed by atoms with Crippen LogP contribution in [0.3, 0.4) is 0 Å². The van der Waals surface area contributed by atoms with E-state index < -0.39 is 0 Å². The highest BCUT2D eigenvalue weighted by molar-refractivity contribution is 5.87. The Morgan fingerprint density at radius 1 is 1.26 bits per heavy atom. The molecule has 0 aliphatic rings. The predicted molar refractivity (Wildman–Crippen MR) is 70.9 cm³/mol. The molecule has 2 aromatic rings. The van der Waals surface area contributed by atoms with Crippen LogP contribution in [0.5, 0.6) is 5.75 Å². The molecule has 0 fully saturated rings. The highest BCUT2D eigenvalue weighted by atomic mass is 16.5. The number of hydrogen-bond donors (Lipinski definition) is 2. The number of ether oxygens (including phenoxy) is 1. The van der Waals surface area contributed by atoms with Gasteiger partial charge in [0, 0.05) is 18.9 Å². The van der Waals surface area contributed by atoms with Gasteiger partial charge >= 0.3 is 6.03 Å². The van der Waals surface area contributed by atoms with Crippen LogP contribution in [-0.4, -0.2) is 23.1 Å². The van der Waals surface area contributed by atoms with Gasteiger partial charge in [-0.05, 0) is 23.8 Å². The summed E-state index contributed by atoms with van der Waals surface area (Å²) in [7, 11) is 1.60. The Balaban J connectivity index is 1.86. The van der Waals surface area contributed by atoms with E-state index in [0.29, 0.717) is 6.54 Å². The standard InChI is InChI=1S/C13H14N4O2/c1-19-11-5-2-4-10(8-11)9-16-13(18)17-12-14-6-3-7-15-12/h2-8H,9H2,1H3,(H2,14,15,16,17,18). The van der Waals surface area contributed by atoms with E-state index in [1.54, 1.807) is 25.6 Å². The fraction of sp³-hybridized carbons (Fsp3) is 0.154. The second-order valence-electron chi connectivity index (χ2n) is 3.73. The summed E-state index contributed by atoms with van der Waals surface area (Å²) in [6, 6.07) is 8.81. The molecular formula is C13H14N4O2. The maximum Gasteiger partial charge on any atom is 0.321 e. The van der Waals surface area contributed by atoms with Crippen molar-refractivity contribution in [2.24, 2.45) is 0 Å². The Hall–Kier alpha value is -2.63. The molecule has 0 spiro atoms. The van der Waals surface area contributed by atoms with Crippen LogP contribution in [0.1, 0.15) is 5.56 Å². The van der Waals surface area contributed by atoms with Crippen molar-refractivity contribution in [2.75, 3.05) is 12.4 Å². The summed E-state index contributed by atoms with van der Waals surface area (Å²) >= 11 is 0. The minimum absolute atomic E-state index is 0.269.